The molecule has 0 aliphatic heterocycles. The van der Waals surface area contributed by atoms with Crippen LogP contribution in [-0.2, 0) is 0 Å². The molecule has 6 heteroatoms. The van der Waals surface area contributed by atoms with Crippen LogP contribution in [0, 0.1) is 0 Å². The van der Waals surface area contributed by atoms with Crippen molar-refractivity contribution in [3.63, 3.8) is 0 Å². The lowest BCUT2D eigenvalue weighted by Crippen LogP contribution is -2.00. The van der Waals surface area contributed by atoms with Gasteiger partial charge >= 0.3 is 0 Å². The number of furan rings is 2. The highest BCUT2D eigenvalue weighted by molar-refractivity contribution is 6.20. The van der Waals surface area contributed by atoms with Crippen molar-refractivity contribution in [2.45, 2.75) is 0 Å². The van der Waals surface area contributed by atoms with E-state index < -0.39 is 0 Å². The van der Waals surface area contributed by atoms with Gasteiger partial charge in [-0.3, -0.25) is 0 Å². The first-order chi connectivity index (χ1) is 31.2. The van der Waals surface area contributed by atoms with Crippen molar-refractivity contribution in [1.82, 2.24) is 19.5 Å². The molecule has 0 atom stereocenters. The summed E-state index contributed by atoms with van der Waals surface area (Å²) in [5.41, 5.74) is 9.21. The van der Waals surface area contributed by atoms with Crippen molar-refractivity contribution in [2.75, 3.05) is 0 Å². The van der Waals surface area contributed by atoms with Gasteiger partial charge in [0.1, 0.15) is 22.3 Å². The van der Waals surface area contributed by atoms with Gasteiger partial charge in [0.2, 0.25) is 0 Å². The van der Waals surface area contributed by atoms with Gasteiger partial charge in [0.15, 0.2) is 17.5 Å². The number of aromatic nitrogens is 4. The van der Waals surface area contributed by atoms with Crippen molar-refractivity contribution < 1.29 is 8.83 Å². The van der Waals surface area contributed by atoms with E-state index in [0.717, 1.165) is 87.8 Å². The van der Waals surface area contributed by atoms with Gasteiger partial charge in [-0.05, 0) is 99.0 Å². The number of hydrogen-bond donors (Lipinski definition) is 0. The largest absolute Gasteiger partial charge is 0.456 e. The average molecular weight is 805 g/mol. The van der Waals surface area contributed by atoms with Crippen LogP contribution >= 0.6 is 0 Å². The minimum atomic E-state index is 0.541. The Balaban J connectivity index is 0.999. The third kappa shape index (κ3) is 5.09. The highest BCUT2D eigenvalue weighted by Gasteiger charge is 2.21. The maximum absolute atomic E-state index is 6.61. The Bertz CT molecular complexity index is 4230. The molecule has 0 amide bonds. The smallest absolute Gasteiger partial charge is 0.167 e. The molecule has 14 aromatic rings. The number of fused-ring (bicyclic) bond motifs is 13. The summed E-state index contributed by atoms with van der Waals surface area (Å²) in [6.07, 6.45) is 0. The summed E-state index contributed by atoms with van der Waals surface area (Å²) >= 11 is 0. The molecule has 0 spiro atoms. The Hall–Kier alpha value is -8.61. The summed E-state index contributed by atoms with van der Waals surface area (Å²) in [5.74, 6) is 1.69. The second kappa shape index (κ2) is 12.9. The van der Waals surface area contributed by atoms with Crippen LogP contribution in [0.4, 0.5) is 0 Å². The average Bonchev–Trinajstić information content (AvgIpc) is 4.02. The summed E-state index contributed by atoms with van der Waals surface area (Å²) in [6.45, 7) is 0. The number of rotatable bonds is 4. The molecule has 0 saturated heterocycles. The van der Waals surface area contributed by atoms with E-state index in [2.05, 4.69) is 162 Å². The Morgan fingerprint density at radius 3 is 1.87 bits per heavy atom. The van der Waals surface area contributed by atoms with Gasteiger partial charge in [-0.1, -0.05) is 127 Å². The number of benzene rings is 10. The van der Waals surface area contributed by atoms with E-state index in [-0.39, 0.29) is 0 Å². The molecule has 63 heavy (non-hydrogen) atoms. The molecule has 0 saturated carbocycles. The van der Waals surface area contributed by atoms with Crippen LogP contribution in [0.15, 0.2) is 203 Å². The third-order valence-corrected chi connectivity index (χ3v) is 12.8. The second-order valence-electron chi connectivity index (χ2n) is 16.3. The van der Waals surface area contributed by atoms with Gasteiger partial charge in [0, 0.05) is 49.1 Å². The molecule has 0 aliphatic rings. The van der Waals surface area contributed by atoms with Gasteiger partial charge in [-0.15, -0.1) is 0 Å². The van der Waals surface area contributed by atoms with Crippen LogP contribution in [0.5, 0.6) is 0 Å². The van der Waals surface area contributed by atoms with Gasteiger partial charge in [-0.2, -0.15) is 0 Å². The zero-order valence-corrected chi connectivity index (χ0v) is 33.6. The monoisotopic (exact) mass is 804 g/mol. The summed E-state index contributed by atoms with van der Waals surface area (Å²) in [4.78, 5) is 15.7. The molecule has 4 aromatic heterocycles. The van der Waals surface area contributed by atoms with E-state index in [1.807, 2.05) is 36.4 Å². The Labute approximate surface area is 358 Å². The maximum Gasteiger partial charge on any atom is 0.167 e. The predicted octanol–water partition coefficient (Wildman–Crippen LogP) is 15.2. The van der Waals surface area contributed by atoms with Crippen molar-refractivity contribution in [1.29, 1.82) is 0 Å². The predicted molar refractivity (Wildman–Crippen MR) is 258 cm³/mol. The van der Waals surface area contributed by atoms with Gasteiger partial charge in [0.05, 0.1) is 16.6 Å². The molecule has 292 valence electrons. The molecule has 0 radical (unpaired) electrons. The third-order valence-electron chi connectivity index (χ3n) is 12.8. The van der Waals surface area contributed by atoms with E-state index in [4.69, 9.17) is 23.8 Å². The lowest BCUT2D eigenvalue weighted by molar-refractivity contribution is 0.669. The van der Waals surface area contributed by atoms with Gasteiger partial charge in [-0.25, -0.2) is 15.0 Å². The minimum Gasteiger partial charge on any atom is -0.456 e. The van der Waals surface area contributed by atoms with E-state index >= 15 is 0 Å². The lowest BCUT2D eigenvalue weighted by Gasteiger charge is -2.11. The Morgan fingerprint density at radius 1 is 0.333 bits per heavy atom. The summed E-state index contributed by atoms with van der Waals surface area (Å²) in [7, 11) is 0. The lowest BCUT2D eigenvalue weighted by atomic mass is 10.0. The molecule has 0 bridgehead atoms. The molecule has 10 aromatic carbocycles. The molecule has 0 fully saturated rings. The van der Waals surface area contributed by atoms with Gasteiger partial charge in [0.25, 0.3) is 0 Å². The first-order valence-corrected chi connectivity index (χ1v) is 21.2. The van der Waals surface area contributed by atoms with Crippen LogP contribution in [0.1, 0.15) is 0 Å². The molecular weight excluding hydrogens is 773 g/mol. The van der Waals surface area contributed by atoms with E-state index in [9.17, 15) is 0 Å². The van der Waals surface area contributed by atoms with Crippen LogP contribution in [-0.4, -0.2) is 19.5 Å². The number of hydrogen-bond acceptors (Lipinski definition) is 5. The summed E-state index contributed by atoms with van der Waals surface area (Å²) in [6, 6.07) is 68.1. The van der Waals surface area contributed by atoms with Crippen molar-refractivity contribution in [3.8, 4) is 39.9 Å². The standard InChI is InChI=1S/C57H32N4O2/c1-2-13-36-31-49-46(29-35(36)12-1)40-16-5-7-21-48(40)61(49)38-26-23-34-24-28-52-53(45(34)32-38)47-30-37(25-27-51(47)62-52)55-58-56(43-19-9-14-33-11-3-4-15-39(33)43)60-57(59-55)44-20-10-18-42-41-17-6-8-22-50(41)63-54(42)44/h1-32H. The fourth-order valence-electron chi connectivity index (χ4n) is 9.88. The fourth-order valence-corrected chi connectivity index (χ4v) is 9.88. The van der Waals surface area contributed by atoms with E-state index in [1.165, 1.54) is 32.6 Å². The molecular formula is C57H32N4O2. The molecule has 14 rings (SSSR count). The zero-order valence-electron chi connectivity index (χ0n) is 33.6. The van der Waals surface area contributed by atoms with Crippen LogP contribution in [0.2, 0.25) is 0 Å². The highest BCUT2D eigenvalue weighted by Crippen LogP contribution is 2.41. The molecule has 0 unspecified atom stereocenters. The minimum absolute atomic E-state index is 0.541. The summed E-state index contributed by atoms with van der Waals surface area (Å²) in [5, 5.41) is 13.4. The molecule has 0 aliphatic carbocycles. The summed E-state index contributed by atoms with van der Waals surface area (Å²) < 4.78 is 15.5. The quantitative estimate of drug-likeness (QED) is 0.177. The zero-order chi connectivity index (χ0) is 41.2. The Kier molecular flexibility index (Phi) is 7.02. The highest BCUT2D eigenvalue weighted by atomic mass is 16.3. The van der Waals surface area contributed by atoms with Crippen LogP contribution < -0.4 is 0 Å². The van der Waals surface area contributed by atoms with Crippen molar-refractivity contribution in [3.05, 3.63) is 194 Å². The fraction of sp³-hybridized carbons (Fsp3) is 0. The van der Waals surface area contributed by atoms with E-state index in [0.29, 0.717) is 17.5 Å². The van der Waals surface area contributed by atoms with Crippen LogP contribution in [0.25, 0.3) is 138 Å². The maximum atomic E-state index is 6.61. The first-order valence-electron chi connectivity index (χ1n) is 21.2. The van der Waals surface area contributed by atoms with E-state index in [1.54, 1.807) is 0 Å². The van der Waals surface area contributed by atoms with Crippen LogP contribution in [0.3, 0.4) is 0 Å². The normalized spacial score (nSPS) is 12.1. The van der Waals surface area contributed by atoms with Crippen molar-refractivity contribution >= 4 is 98.0 Å². The van der Waals surface area contributed by atoms with Gasteiger partial charge < -0.3 is 13.4 Å². The van der Waals surface area contributed by atoms with Crippen molar-refractivity contribution in [2.24, 2.45) is 0 Å². The Morgan fingerprint density at radius 2 is 0.968 bits per heavy atom. The first kappa shape index (κ1) is 34.1. The number of para-hydroxylation sites is 3. The molecule has 0 N–H and O–H groups in total. The molecule has 4 heterocycles. The second-order valence-corrected chi connectivity index (χ2v) is 16.3. The molecule has 6 nitrogen and oxygen atoms in total. The topological polar surface area (TPSA) is 69.9 Å². The SMILES string of the molecule is c1ccc2cc3c(cc2c1)c1ccccc1n3-c1ccc2ccc3oc4ccc(-c5nc(-c6cccc7ccccc67)nc(-c6cccc7c6oc6ccccc67)n5)cc4c3c2c1. The number of nitrogens with zero attached hydrogens (tertiary/aromatic N) is 4.